The lowest BCUT2D eigenvalue weighted by atomic mass is 10.1. The van der Waals surface area contributed by atoms with E-state index < -0.39 is 5.97 Å². The number of esters is 1. The molecule has 5 nitrogen and oxygen atoms in total. The van der Waals surface area contributed by atoms with Crippen LogP contribution in [0.4, 0.5) is 5.69 Å². The Balaban J connectivity index is 2.51. The van der Waals surface area contributed by atoms with E-state index in [4.69, 9.17) is 10.5 Å². The zero-order valence-corrected chi connectivity index (χ0v) is 13.2. The molecule has 1 heterocycles. The second-order valence-electron chi connectivity index (χ2n) is 4.39. The van der Waals surface area contributed by atoms with Crippen molar-refractivity contribution >= 4 is 27.6 Å². The first-order valence-corrected chi connectivity index (χ1v) is 7.03. The van der Waals surface area contributed by atoms with Gasteiger partial charge in [0.2, 0.25) is 0 Å². The highest BCUT2D eigenvalue weighted by Crippen LogP contribution is 2.25. The van der Waals surface area contributed by atoms with E-state index in [0.29, 0.717) is 17.9 Å². The molecule has 20 heavy (non-hydrogen) atoms. The van der Waals surface area contributed by atoms with Crippen LogP contribution >= 0.6 is 15.9 Å². The topological polar surface area (TPSA) is 70.1 Å². The Bertz CT molecular complexity index is 665. The number of hydrogen-bond acceptors (Lipinski definition) is 4. The predicted molar refractivity (Wildman–Crippen MR) is 81.1 cm³/mol. The summed E-state index contributed by atoms with van der Waals surface area (Å²) in [5.74, 6) is -0.424. The van der Waals surface area contributed by atoms with Gasteiger partial charge in [-0.25, -0.2) is 9.48 Å². The second-order valence-corrected chi connectivity index (χ2v) is 5.18. The summed E-state index contributed by atoms with van der Waals surface area (Å²) in [6.45, 7) is 5.94. The quantitative estimate of drug-likeness (QED) is 0.690. The Morgan fingerprint density at radius 3 is 2.70 bits per heavy atom. The number of aryl methyl sites for hydroxylation is 1. The van der Waals surface area contributed by atoms with Crippen LogP contribution in [0.25, 0.3) is 5.69 Å². The molecule has 0 aliphatic carbocycles. The van der Waals surface area contributed by atoms with Crippen molar-refractivity contribution in [3.05, 3.63) is 39.6 Å². The minimum Gasteiger partial charge on any atom is -0.462 e. The molecule has 0 fully saturated rings. The molecule has 1 aromatic heterocycles. The number of nitrogens with zero attached hydrogens (tertiary/aromatic N) is 2. The van der Waals surface area contributed by atoms with Gasteiger partial charge in [0, 0.05) is 5.69 Å². The van der Waals surface area contributed by atoms with Gasteiger partial charge in [-0.1, -0.05) is 0 Å². The van der Waals surface area contributed by atoms with E-state index in [2.05, 4.69) is 21.0 Å². The third-order valence-corrected chi connectivity index (χ3v) is 4.13. The van der Waals surface area contributed by atoms with E-state index in [1.807, 2.05) is 19.9 Å². The van der Waals surface area contributed by atoms with Crippen LogP contribution in [0.5, 0.6) is 0 Å². The maximum atomic E-state index is 11.9. The van der Waals surface area contributed by atoms with Gasteiger partial charge in [-0.15, -0.1) is 0 Å². The van der Waals surface area contributed by atoms with Gasteiger partial charge in [0.1, 0.15) is 0 Å². The van der Waals surface area contributed by atoms with Crippen molar-refractivity contribution in [3.8, 4) is 5.69 Å². The smallest absolute Gasteiger partial charge is 0.340 e. The van der Waals surface area contributed by atoms with Crippen molar-refractivity contribution in [1.29, 1.82) is 0 Å². The third-order valence-electron chi connectivity index (χ3n) is 2.98. The lowest BCUT2D eigenvalue weighted by molar-refractivity contribution is 0.0527. The third kappa shape index (κ3) is 2.56. The van der Waals surface area contributed by atoms with Gasteiger partial charge in [-0.05, 0) is 54.9 Å². The molecule has 1 aromatic carbocycles. The van der Waals surface area contributed by atoms with E-state index in [-0.39, 0.29) is 0 Å². The molecule has 106 valence electrons. The van der Waals surface area contributed by atoms with E-state index >= 15 is 0 Å². The number of carbonyl (C=O) groups excluding carboxylic acids is 1. The number of hydrogen-bond donors (Lipinski definition) is 1. The Hall–Kier alpha value is -1.82. The number of anilines is 1. The summed E-state index contributed by atoms with van der Waals surface area (Å²) in [6, 6.07) is 5.20. The molecule has 0 spiro atoms. The van der Waals surface area contributed by atoms with Crippen molar-refractivity contribution in [3.63, 3.8) is 0 Å². The maximum Gasteiger partial charge on any atom is 0.340 e. The monoisotopic (exact) mass is 337 g/mol. The lowest BCUT2D eigenvalue weighted by Crippen LogP contribution is -2.10. The molecule has 0 saturated carbocycles. The first-order valence-electron chi connectivity index (χ1n) is 6.24. The highest BCUT2D eigenvalue weighted by molar-refractivity contribution is 9.10. The van der Waals surface area contributed by atoms with Crippen LogP contribution in [0.15, 0.2) is 22.7 Å². The van der Waals surface area contributed by atoms with Crippen LogP contribution in [0.3, 0.4) is 0 Å². The zero-order valence-electron chi connectivity index (χ0n) is 11.6. The van der Waals surface area contributed by atoms with Gasteiger partial charge in [0.15, 0.2) is 0 Å². The molecule has 0 aliphatic heterocycles. The average Bonchev–Trinajstić information content (AvgIpc) is 2.67. The molecule has 0 radical (unpaired) electrons. The van der Waals surface area contributed by atoms with Gasteiger partial charge in [-0.3, -0.25) is 0 Å². The minimum absolute atomic E-state index is 0.313. The first kappa shape index (κ1) is 14.6. The summed E-state index contributed by atoms with van der Waals surface area (Å²) in [4.78, 5) is 11.9. The Morgan fingerprint density at radius 2 is 2.15 bits per heavy atom. The number of aromatic nitrogens is 2. The Labute approximate surface area is 125 Å². The molecule has 0 saturated heterocycles. The lowest BCUT2D eigenvalue weighted by Gasteiger charge is -2.09. The fourth-order valence-electron chi connectivity index (χ4n) is 1.94. The SMILES string of the molecule is CCOC(=O)c1cc(-n2nc(C)c(Br)c2C)ccc1N. The van der Waals surface area contributed by atoms with Gasteiger partial charge in [-0.2, -0.15) is 5.10 Å². The molecular formula is C14H16BrN3O2. The summed E-state index contributed by atoms with van der Waals surface area (Å²) in [5, 5.41) is 4.43. The summed E-state index contributed by atoms with van der Waals surface area (Å²) < 4.78 is 7.72. The summed E-state index contributed by atoms with van der Waals surface area (Å²) in [6.07, 6.45) is 0. The molecule has 2 rings (SSSR count). The van der Waals surface area contributed by atoms with Crippen LogP contribution in [-0.2, 0) is 4.74 Å². The molecule has 0 aliphatic rings. The van der Waals surface area contributed by atoms with Crippen molar-refractivity contribution < 1.29 is 9.53 Å². The summed E-state index contributed by atoms with van der Waals surface area (Å²) in [7, 11) is 0. The van der Waals surface area contributed by atoms with E-state index in [1.54, 1.807) is 23.7 Å². The van der Waals surface area contributed by atoms with Crippen LogP contribution < -0.4 is 5.73 Å². The summed E-state index contributed by atoms with van der Waals surface area (Å²) >= 11 is 3.48. The average molecular weight is 338 g/mol. The predicted octanol–water partition coefficient (Wildman–Crippen LogP) is 3.01. The molecular weight excluding hydrogens is 322 g/mol. The maximum absolute atomic E-state index is 11.9. The van der Waals surface area contributed by atoms with Crippen molar-refractivity contribution in [2.24, 2.45) is 0 Å². The fraction of sp³-hybridized carbons (Fsp3) is 0.286. The first-order chi connectivity index (χ1) is 9.45. The van der Waals surface area contributed by atoms with Crippen molar-refractivity contribution in [2.75, 3.05) is 12.3 Å². The van der Waals surface area contributed by atoms with E-state index in [9.17, 15) is 4.79 Å². The number of ether oxygens (including phenoxy) is 1. The molecule has 6 heteroatoms. The molecule has 2 N–H and O–H groups in total. The Kier molecular flexibility index (Phi) is 4.13. The Morgan fingerprint density at radius 1 is 1.45 bits per heavy atom. The van der Waals surface area contributed by atoms with Gasteiger partial charge >= 0.3 is 5.97 Å². The molecule has 2 aromatic rings. The number of benzene rings is 1. The number of nitrogen functional groups attached to an aromatic ring is 1. The van der Waals surface area contributed by atoms with E-state index in [0.717, 1.165) is 21.5 Å². The highest BCUT2D eigenvalue weighted by Gasteiger charge is 2.15. The van der Waals surface area contributed by atoms with Crippen LogP contribution in [0.2, 0.25) is 0 Å². The largest absolute Gasteiger partial charge is 0.462 e. The number of nitrogens with two attached hydrogens (primary N) is 1. The highest BCUT2D eigenvalue weighted by atomic mass is 79.9. The van der Waals surface area contributed by atoms with Crippen LogP contribution in [0.1, 0.15) is 28.7 Å². The molecule has 0 amide bonds. The number of halogens is 1. The van der Waals surface area contributed by atoms with E-state index in [1.165, 1.54) is 0 Å². The second kappa shape index (κ2) is 5.66. The molecule has 0 atom stereocenters. The fourth-order valence-corrected chi connectivity index (χ4v) is 2.18. The van der Waals surface area contributed by atoms with Crippen molar-refractivity contribution in [1.82, 2.24) is 9.78 Å². The standard InChI is InChI=1S/C14H16BrN3O2/c1-4-20-14(19)11-7-10(5-6-12(11)16)18-9(3)13(15)8(2)17-18/h5-7H,4,16H2,1-3H3. The molecule has 0 bridgehead atoms. The summed E-state index contributed by atoms with van der Waals surface area (Å²) in [5.41, 5.74) is 9.20. The van der Waals surface area contributed by atoms with Gasteiger partial charge in [0.05, 0.1) is 33.7 Å². The molecule has 0 unspecified atom stereocenters. The number of rotatable bonds is 3. The van der Waals surface area contributed by atoms with Gasteiger partial charge in [0.25, 0.3) is 0 Å². The van der Waals surface area contributed by atoms with Crippen molar-refractivity contribution in [2.45, 2.75) is 20.8 Å². The van der Waals surface area contributed by atoms with Crippen LogP contribution in [-0.4, -0.2) is 22.4 Å². The normalized spacial score (nSPS) is 10.6. The zero-order chi connectivity index (χ0) is 14.9. The van der Waals surface area contributed by atoms with Crippen LogP contribution in [0, 0.1) is 13.8 Å². The minimum atomic E-state index is -0.424. The number of carbonyl (C=O) groups is 1. The van der Waals surface area contributed by atoms with Gasteiger partial charge < -0.3 is 10.5 Å².